The van der Waals surface area contributed by atoms with E-state index in [-0.39, 0.29) is 18.2 Å². The van der Waals surface area contributed by atoms with Gasteiger partial charge in [-0.3, -0.25) is 5.32 Å². The van der Waals surface area contributed by atoms with Crippen molar-refractivity contribution in [3.05, 3.63) is 35.4 Å². The third-order valence-corrected chi connectivity index (χ3v) is 4.26. The summed E-state index contributed by atoms with van der Waals surface area (Å²) in [6.07, 6.45) is -4.63. The van der Waals surface area contributed by atoms with Gasteiger partial charge < -0.3 is 14.4 Å². The Morgan fingerprint density at radius 3 is 2.43 bits per heavy atom. The number of nitrogens with one attached hydrogen (secondary N) is 1. The molecule has 1 aliphatic heterocycles. The summed E-state index contributed by atoms with van der Waals surface area (Å²) in [5, 5.41) is 2.92. The average molecular weight is 402 g/mol. The van der Waals surface area contributed by atoms with Crippen LogP contribution < -0.4 is 5.32 Å². The fourth-order valence-corrected chi connectivity index (χ4v) is 3.03. The molecule has 0 radical (unpaired) electrons. The van der Waals surface area contributed by atoms with Gasteiger partial charge in [-0.05, 0) is 38.8 Å². The van der Waals surface area contributed by atoms with Gasteiger partial charge in [-0.1, -0.05) is 18.2 Å². The Balaban J connectivity index is 2.18. The Hall–Kier alpha value is -2.29. The lowest BCUT2D eigenvalue weighted by Crippen LogP contribution is -2.42. The second kappa shape index (κ2) is 8.38. The summed E-state index contributed by atoms with van der Waals surface area (Å²) < 4.78 is 50.1. The van der Waals surface area contributed by atoms with Gasteiger partial charge in [0.25, 0.3) is 0 Å². The highest BCUT2D eigenvalue weighted by atomic mass is 19.4. The minimum Gasteiger partial charge on any atom is -0.468 e. The smallest absolute Gasteiger partial charge is 0.416 e. The van der Waals surface area contributed by atoms with Gasteiger partial charge in [0, 0.05) is 19.1 Å². The van der Waals surface area contributed by atoms with Crippen molar-refractivity contribution in [2.75, 3.05) is 20.2 Å². The molecule has 6 nitrogen and oxygen atoms in total. The molecule has 1 aromatic rings. The van der Waals surface area contributed by atoms with Crippen LogP contribution in [0.15, 0.2) is 24.3 Å². The van der Waals surface area contributed by atoms with Crippen LogP contribution in [0.4, 0.5) is 18.0 Å². The molecule has 1 aromatic carbocycles. The van der Waals surface area contributed by atoms with E-state index in [1.54, 1.807) is 20.8 Å². The van der Waals surface area contributed by atoms with Gasteiger partial charge in [0.2, 0.25) is 0 Å². The number of likely N-dealkylation sites (tertiary alicyclic amines) is 1. The topological polar surface area (TPSA) is 67.9 Å². The van der Waals surface area contributed by atoms with E-state index in [1.165, 1.54) is 23.1 Å². The van der Waals surface area contributed by atoms with E-state index in [0.29, 0.717) is 13.0 Å². The molecule has 1 fully saturated rings. The van der Waals surface area contributed by atoms with Crippen LogP contribution in [0.3, 0.4) is 0 Å². The molecule has 156 valence electrons. The molecule has 28 heavy (non-hydrogen) atoms. The Bertz CT molecular complexity index is 716. The van der Waals surface area contributed by atoms with Gasteiger partial charge >= 0.3 is 18.2 Å². The van der Waals surface area contributed by atoms with Crippen LogP contribution in [0.2, 0.25) is 0 Å². The number of hydrogen-bond donors (Lipinski definition) is 1. The van der Waals surface area contributed by atoms with Gasteiger partial charge in [0.05, 0.1) is 12.7 Å². The zero-order valence-electron chi connectivity index (χ0n) is 16.3. The summed E-state index contributed by atoms with van der Waals surface area (Å²) >= 11 is 0. The second-order valence-electron chi connectivity index (χ2n) is 7.62. The maximum Gasteiger partial charge on any atom is 0.416 e. The molecule has 0 saturated carbocycles. The number of ether oxygens (including phenoxy) is 2. The van der Waals surface area contributed by atoms with Gasteiger partial charge in [0.15, 0.2) is 0 Å². The Morgan fingerprint density at radius 1 is 1.21 bits per heavy atom. The molecule has 9 heteroatoms. The summed E-state index contributed by atoms with van der Waals surface area (Å²) in [5.74, 6) is -0.826. The lowest BCUT2D eigenvalue weighted by Gasteiger charge is -2.26. The molecule has 0 bridgehead atoms. The Kier molecular flexibility index (Phi) is 6.59. The zero-order valence-corrected chi connectivity index (χ0v) is 16.3. The normalized spacial score (nSPS) is 18.7. The van der Waals surface area contributed by atoms with Crippen LogP contribution in [0.25, 0.3) is 0 Å². The molecule has 2 atom stereocenters. The van der Waals surface area contributed by atoms with Gasteiger partial charge in [-0.2, -0.15) is 13.2 Å². The van der Waals surface area contributed by atoms with Crippen LogP contribution >= 0.6 is 0 Å². The molecule has 0 aromatic heterocycles. The highest BCUT2D eigenvalue weighted by Crippen LogP contribution is 2.35. The van der Waals surface area contributed by atoms with E-state index in [0.717, 1.165) is 13.2 Å². The highest BCUT2D eigenvalue weighted by molar-refractivity contribution is 5.78. The number of nitrogens with zero attached hydrogens (tertiary/aromatic N) is 1. The molecular formula is C19H25F3N2O4. The molecular weight excluding hydrogens is 377 g/mol. The van der Waals surface area contributed by atoms with Crippen molar-refractivity contribution in [3.63, 3.8) is 0 Å². The maximum atomic E-state index is 13.4. The zero-order chi connectivity index (χ0) is 21.1. The lowest BCUT2D eigenvalue weighted by molar-refractivity contribution is -0.145. The first-order valence-electron chi connectivity index (χ1n) is 8.90. The minimum atomic E-state index is -4.61. The van der Waals surface area contributed by atoms with Crippen molar-refractivity contribution in [2.45, 2.75) is 51.1 Å². The largest absolute Gasteiger partial charge is 0.468 e. The first-order valence-corrected chi connectivity index (χ1v) is 8.90. The number of carbonyl (C=O) groups is 2. The summed E-state index contributed by atoms with van der Waals surface area (Å²) in [4.78, 5) is 25.9. The lowest BCUT2D eigenvalue weighted by atomic mass is 9.99. The van der Waals surface area contributed by atoms with Crippen molar-refractivity contribution in [3.8, 4) is 0 Å². The fourth-order valence-electron chi connectivity index (χ4n) is 3.03. The number of amides is 1. The monoisotopic (exact) mass is 402 g/mol. The number of carbonyl (C=O) groups excluding carboxylic acids is 2. The van der Waals surface area contributed by atoms with Gasteiger partial charge in [-0.15, -0.1) is 0 Å². The standard InChI is InChI=1S/C19H25F3N2O4/c1-18(2,3)28-17(26)24-10-9-12(11-24)23-15(16(25)27-4)13-7-5-6-8-14(13)19(20,21)22/h5-8,12,15,23H,9-11H2,1-4H3/t12-,15?/m0/s1. The van der Waals surface area contributed by atoms with Crippen LogP contribution in [0.1, 0.15) is 44.4 Å². The van der Waals surface area contributed by atoms with E-state index in [1.807, 2.05) is 0 Å². The van der Waals surface area contributed by atoms with Crippen molar-refractivity contribution < 1.29 is 32.2 Å². The van der Waals surface area contributed by atoms with E-state index >= 15 is 0 Å². The Morgan fingerprint density at radius 2 is 1.86 bits per heavy atom. The van der Waals surface area contributed by atoms with E-state index < -0.39 is 35.4 Å². The SMILES string of the molecule is COC(=O)C(N[C@H]1CCN(C(=O)OC(C)(C)C)C1)c1ccccc1C(F)(F)F. The molecule has 1 saturated heterocycles. The Labute approximate surface area is 162 Å². The van der Waals surface area contributed by atoms with Crippen molar-refractivity contribution in [2.24, 2.45) is 0 Å². The van der Waals surface area contributed by atoms with Gasteiger partial charge in [-0.25, -0.2) is 9.59 Å². The number of esters is 1. The van der Waals surface area contributed by atoms with Crippen molar-refractivity contribution >= 4 is 12.1 Å². The van der Waals surface area contributed by atoms with E-state index in [2.05, 4.69) is 5.32 Å². The summed E-state index contributed by atoms with van der Waals surface area (Å²) in [7, 11) is 1.12. The summed E-state index contributed by atoms with van der Waals surface area (Å²) in [6, 6.07) is 3.20. The summed E-state index contributed by atoms with van der Waals surface area (Å²) in [6.45, 7) is 5.84. The van der Waals surface area contributed by atoms with Crippen molar-refractivity contribution in [1.82, 2.24) is 10.2 Å². The van der Waals surface area contributed by atoms with Crippen LogP contribution in [-0.2, 0) is 20.4 Å². The quantitative estimate of drug-likeness (QED) is 0.781. The number of benzene rings is 1. The van der Waals surface area contributed by atoms with E-state index in [9.17, 15) is 22.8 Å². The first kappa shape index (κ1) is 22.0. The maximum absolute atomic E-state index is 13.4. The van der Waals surface area contributed by atoms with Gasteiger partial charge in [0.1, 0.15) is 11.6 Å². The number of halogens is 3. The molecule has 1 unspecified atom stereocenters. The molecule has 0 aliphatic carbocycles. The van der Waals surface area contributed by atoms with Crippen LogP contribution in [0, 0.1) is 0 Å². The highest BCUT2D eigenvalue weighted by Gasteiger charge is 2.39. The minimum absolute atomic E-state index is 0.211. The third-order valence-electron chi connectivity index (χ3n) is 4.26. The number of methoxy groups -OCH3 is 1. The predicted octanol–water partition coefficient (Wildman–Crippen LogP) is 3.52. The van der Waals surface area contributed by atoms with Crippen LogP contribution in [-0.4, -0.2) is 48.8 Å². The number of rotatable bonds is 4. The molecule has 2 rings (SSSR count). The number of hydrogen-bond acceptors (Lipinski definition) is 5. The van der Waals surface area contributed by atoms with E-state index in [4.69, 9.17) is 9.47 Å². The molecule has 1 N–H and O–H groups in total. The third kappa shape index (κ3) is 5.60. The second-order valence-corrected chi connectivity index (χ2v) is 7.62. The summed E-state index contributed by atoms with van der Waals surface area (Å²) in [5.41, 5.74) is -1.76. The first-order chi connectivity index (χ1) is 12.9. The van der Waals surface area contributed by atoms with Crippen molar-refractivity contribution in [1.29, 1.82) is 0 Å². The molecule has 1 amide bonds. The molecule has 1 aliphatic rings. The average Bonchev–Trinajstić information content (AvgIpc) is 3.06. The van der Waals surface area contributed by atoms with Crippen LogP contribution in [0.5, 0.6) is 0 Å². The predicted molar refractivity (Wildman–Crippen MR) is 95.5 cm³/mol. The molecule has 0 spiro atoms. The number of alkyl halides is 3. The molecule has 1 heterocycles. The fraction of sp³-hybridized carbons (Fsp3) is 0.579.